The molecule has 1 saturated heterocycles. The second kappa shape index (κ2) is 11.9. The maximum Gasteiger partial charge on any atom is 0.224 e. The number of para-hydroxylation sites is 1. The standard InChI is InChI=1S/C31H36FN5O2/c1-22-5-3-6-25-19-26(31(33-30(22)25)36-15-4-7-28(38)21-36)20-35(16-13-24-8-10-27(32)11-9-24)29(39)14-18-37-17-12-23(2)34-37/h3,5-6,8-12,17,19,28,38H,4,7,13-16,18,20-21H2,1-2H3/t28-/m0/s1. The fraction of sp³-hybridized carbons (Fsp3) is 0.387. The van der Waals surface area contributed by atoms with Crippen molar-refractivity contribution in [2.75, 3.05) is 24.5 Å². The van der Waals surface area contributed by atoms with Crippen molar-refractivity contribution in [2.24, 2.45) is 0 Å². The summed E-state index contributed by atoms with van der Waals surface area (Å²) in [4.78, 5) is 22.7. The second-order valence-electron chi connectivity index (χ2n) is 10.5. The van der Waals surface area contributed by atoms with Crippen LogP contribution in [-0.2, 0) is 24.3 Å². The zero-order chi connectivity index (χ0) is 27.4. The van der Waals surface area contributed by atoms with Crippen molar-refractivity contribution in [3.05, 3.63) is 89.0 Å². The summed E-state index contributed by atoms with van der Waals surface area (Å²) in [5, 5.41) is 15.9. The molecule has 39 heavy (non-hydrogen) atoms. The average molecular weight is 530 g/mol. The molecule has 5 rings (SSSR count). The molecular weight excluding hydrogens is 493 g/mol. The van der Waals surface area contributed by atoms with Gasteiger partial charge >= 0.3 is 0 Å². The van der Waals surface area contributed by atoms with Crippen LogP contribution in [0, 0.1) is 19.7 Å². The van der Waals surface area contributed by atoms with Gasteiger partial charge in [0.1, 0.15) is 11.6 Å². The summed E-state index contributed by atoms with van der Waals surface area (Å²) in [6.07, 6.45) is 4.11. The Kier molecular flexibility index (Phi) is 8.21. The Morgan fingerprint density at radius 1 is 1.15 bits per heavy atom. The minimum atomic E-state index is -0.394. The molecule has 0 unspecified atom stereocenters. The molecular formula is C31H36FN5O2. The normalized spacial score (nSPS) is 15.6. The molecule has 2 aromatic heterocycles. The maximum absolute atomic E-state index is 13.6. The van der Waals surface area contributed by atoms with E-state index in [1.807, 2.05) is 30.2 Å². The van der Waals surface area contributed by atoms with Crippen LogP contribution >= 0.6 is 0 Å². The molecule has 1 amide bonds. The van der Waals surface area contributed by atoms with Gasteiger partial charge < -0.3 is 14.9 Å². The molecule has 0 spiro atoms. The fourth-order valence-electron chi connectivity index (χ4n) is 5.29. The van der Waals surface area contributed by atoms with E-state index in [1.165, 1.54) is 12.1 Å². The molecule has 204 valence electrons. The molecule has 2 aromatic carbocycles. The van der Waals surface area contributed by atoms with Crippen molar-refractivity contribution in [1.29, 1.82) is 0 Å². The Labute approximate surface area is 228 Å². The molecule has 8 heteroatoms. The quantitative estimate of drug-likeness (QED) is 0.337. The van der Waals surface area contributed by atoms with Crippen LogP contribution in [-0.4, -0.2) is 56.4 Å². The summed E-state index contributed by atoms with van der Waals surface area (Å²) in [6, 6.07) is 16.7. The highest BCUT2D eigenvalue weighted by Crippen LogP contribution is 2.29. The molecule has 1 aliphatic heterocycles. The number of nitrogens with zero attached hydrogens (tertiary/aromatic N) is 5. The van der Waals surface area contributed by atoms with E-state index in [2.05, 4.69) is 35.1 Å². The van der Waals surface area contributed by atoms with Gasteiger partial charge in [0, 0.05) is 56.3 Å². The lowest BCUT2D eigenvalue weighted by Gasteiger charge is -2.34. The number of anilines is 1. The monoisotopic (exact) mass is 529 g/mol. The van der Waals surface area contributed by atoms with Gasteiger partial charge in [0.05, 0.1) is 17.3 Å². The number of aryl methyl sites for hydroxylation is 3. The Bertz CT molecular complexity index is 1430. The number of amides is 1. The molecule has 0 aliphatic carbocycles. The van der Waals surface area contributed by atoms with E-state index >= 15 is 0 Å². The number of aliphatic hydroxyl groups excluding tert-OH is 1. The topological polar surface area (TPSA) is 74.5 Å². The molecule has 0 radical (unpaired) electrons. The van der Waals surface area contributed by atoms with E-state index in [0.29, 0.717) is 39.0 Å². The minimum Gasteiger partial charge on any atom is -0.391 e. The molecule has 3 heterocycles. The van der Waals surface area contributed by atoms with Crippen LogP contribution < -0.4 is 4.90 Å². The van der Waals surface area contributed by atoms with Gasteiger partial charge in [-0.1, -0.05) is 30.3 Å². The van der Waals surface area contributed by atoms with Gasteiger partial charge in [0.15, 0.2) is 0 Å². The summed E-state index contributed by atoms with van der Waals surface area (Å²) >= 11 is 0. The number of pyridine rings is 1. The summed E-state index contributed by atoms with van der Waals surface area (Å²) < 4.78 is 15.3. The van der Waals surface area contributed by atoms with E-state index < -0.39 is 6.10 Å². The molecule has 1 atom stereocenters. The molecule has 4 aromatic rings. The van der Waals surface area contributed by atoms with Gasteiger partial charge in [-0.2, -0.15) is 5.10 Å². The van der Waals surface area contributed by atoms with Gasteiger partial charge in [-0.05, 0) is 68.5 Å². The second-order valence-corrected chi connectivity index (χ2v) is 10.5. The Morgan fingerprint density at radius 3 is 2.72 bits per heavy atom. The third kappa shape index (κ3) is 6.63. The number of carbonyl (C=O) groups excluding carboxylic acids is 1. The number of rotatable bonds is 9. The van der Waals surface area contributed by atoms with E-state index in [9.17, 15) is 14.3 Å². The molecule has 1 aliphatic rings. The van der Waals surface area contributed by atoms with Crippen molar-refractivity contribution in [3.8, 4) is 0 Å². The first-order valence-electron chi connectivity index (χ1n) is 13.7. The smallest absolute Gasteiger partial charge is 0.224 e. The number of aromatic nitrogens is 3. The molecule has 0 saturated carbocycles. The summed E-state index contributed by atoms with van der Waals surface area (Å²) in [5.41, 5.74) is 4.89. The van der Waals surface area contributed by atoms with Crippen molar-refractivity contribution < 1.29 is 14.3 Å². The third-order valence-corrected chi connectivity index (χ3v) is 7.43. The summed E-state index contributed by atoms with van der Waals surface area (Å²) in [7, 11) is 0. The predicted octanol–water partition coefficient (Wildman–Crippen LogP) is 4.81. The van der Waals surface area contributed by atoms with Crippen LogP contribution in [0.3, 0.4) is 0 Å². The van der Waals surface area contributed by atoms with E-state index in [-0.39, 0.29) is 11.7 Å². The van der Waals surface area contributed by atoms with Gasteiger partial charge in [0.2, 0.25) is 5.91 Å². The van der Waals surface area contributed by atoms with E-state index in [0.717, 1.165) is 58.5 Å². The maximum atomic E-state index is 13.6. The van der Waals surface area contributed by atoms with E-state index in [4.69, 9.17) is 4.98 Å². The zero-order valence-corrected chi connectivity index (χ0v) is 22.7. The lowest BCUT2D eigenvalue weighted by molar-refractivity contribution is -0.132. The molecule has 1 N–H and O–H groups in total. The largest absolute Gasteiger partial charge is 0.391 e. The molecule has 7 nitrogen and oxygen atoms in total. The fourth-order valence-corrected chi connectivity index (χ4v) is 5.29. The first kappa shape index (κ1) is 26.8. The minimum absolute atomic E-state index is 0.0271. The van der Waals surface area contributed by atoms with Gasteiger partial charge in [0.25, 0.3) is 0 Å². The van der Waals surface area contributed by atoms with Crippen LogP contribution in [0.5, 0.6) is 0 Å². The highest BCUT2D eigenvalue weighted by molar-refractivity contribution is 5.85. The number of hydrogen-bond acceptors (Lipinski definition) is 5. The Morgan fingerprint density at radius 2 is 1.97 bits per heavy atom. The number of benzene rings is 2. The first-order valence-corrected chi connectivity index (χ1v) is 13.7. The first-order chi connectivity index (χ1) is 18.9. The van der Waals surface area contributed by atoms with Crippen LogP contribution in [0.1, 0.15) is 41.6 Å². The van der Waals surface area contributed by atoms with Gasteiger partial charge in [-0.25, -0.2) is 9.37 Å². The van der Waals surface area contributed by atoms with Crippen molar-refractivity contribution in [3.63, 3.8) is 0 Å². The Hall–Kier alpha value is -3.78. The Balaban J connectivity index is 1.45. The number of aliphatic hydroxyl groups is 1. The van der Waals surface area contributed by atoms with Crippen molar-refractivity contribution >= 4 is 22.6 Å². The number of β-amino-alcohol motifs (C(OH)–C–C–N with tert-alkyl or cyclic N) is 1. The van der Waals surface area contributed by atoms with Gasteiger partial charge in [-0.15, -0.1) is 0 Å². The van der Waals surface area contributed by atoms with Crippen molar-refractivity contribution in [2.45, 2.75) is 58.7 Å². The van der Waals surface area contributed by atoms with Crippen LogP contribution in [0.15, 0.2) is 60.8 Å². The summed E-state index contributed by atoms with van der Waals surface area (Å²) in [6.45, 7) is 6.73. The summed E-state index contributed by atoms with van der Waals surface area (Å²) in [5.74, 6) is 0.587. The molecule has 0 bridgehead atoms. The number of fused-ring (bicyclic) bond motifs is 1. The number of piperidine rings is 1. The van der Waals surface area contributed by atoms with Crippen LogP contribution in [0.25, 0.3) is 10.9 Å². The zero-order valence-electron chi connectivity index (χ0n) is 22.7. The lowest BCUT2D eigenvalue weighted by atomic mass is 10.0. The SMILES string of the molecule is Cc1ccn(CCC(=O)N(CCc2ccc(F)cc2)Cc2cc3cccc(C)c3nc2N2CCC[C@H](O)C2)n1. The highest BCUT2D eigenvalue weighted by atomic mass is 19.1. The van der Waals surface area contributed by atoms with E-state index in [1.54, 1.807) is 16.8 Å². The van der Waals surface area contributed by atoms with Crippen LogP contribution in [0.4, 0.5) is 10.2 Å². The van der Waals surface area contributed by atoms with Gasteiger partial charge in [-0.3, -0.25) is 9.48 Å². The number of carbonyl (C=O) groups is 1. The van der Waals surface area contributed by atoms with Crippen LogP contribution in [0.2, 0.25) is 0 Å². The number of hydrogen-bond donors (Lipinski definition) is 1. The average Bonchev–Trinajstić information content (AvgIpc) is 3.35. The molecule has 1 fully saturated rings. The lowest BCUT2D eigenvalue weighted by Crippen LogP contribution is -2.40. The highest BCUT2D eigenvalue weighted by Gasteiger charge is 2.24. The third-order valence-electron chi connectivity index (χ3n) is 7.43. The van der Waals surface area contributed by atoms with Crippen molar-refractivity contribution in [1.82, 2.24) is 19.7 Å². The predicted molar refractivity (Wildman–Crippen MR) is 151 cm³/mol. The number of halogens is 1.